The first-order valence-corrected chi connectivity index (χ1v) is 6.66. The van der Waals surface area contributed by atoms with Gasteiger partial charge in [0, 0.05) is 25.3 Å². The number of aliphatic hydroxyl groups is 1. The van der Waals surface area contributed by atoms with E-state index >= 15 is 0 Å². The zero-order valence-electron chi connectivity index (χ0n) is 12.6. The van der Waals surface area contributed by atoms with Gasteiger partial charge in [0.25, 0.3) is 0 Å². The molecule has 0 heterocycles. The molecule has 1 aromatic rings. The van der Waals surface area contributed by atoms with Crippen LogP contribution >= 0.6 is 0 Å². The number of aliphatic hydroxyl groups excluding tert-OH is 1. The van der Waals surface area contributed by atoms with Crippen molar-refractivity contribution in [1.29, 1.82) is 0 Å². The van der Waals surface area contributed by atoms with Crippen molar-refractivity contribution < 1.29 is 9.84 Å². The molecule has 1 atom stereocenters. The summed E-state index contributed by atoms with van der Waals surface area (Å²) in [5, 5.41) is 9.05. The van der Waals surface area contributed by atoms with E-state index in [4.69, 9.17) is 15.6 Å². The van der Waals surface area contributed by atoms with Crippen LogP contribution in [0.15, 0.2) is 12.1 Å². The van der Waals surface area contributed by atoms with Crippen LogP contribution in [0.3, 0.4) is 0 Å². The maximum atomic E-state index is 9.05. The van der Waals surface area contributed by atoms with E-state index in [0.29, 0.717) is 12.5 Å². The van der Waals surface area contributed by atoms with Gasteiger partial charge >= 0.3 is 0 Å². The Balaban J connectivity index is 3.10. The highest BCUT2D eigenvalue weighted by atomic mass is 16.5. The minimum absolute atomic E-state index is 0.00339. The van der Waals surface area contributed by atoms with Crippen LogP contribution in [-0.4, -0.2) is 38.5 Å². The molecule has 0 fully saturated rings. The number of hydrogen-bond acceptors (Lipinski definition) is 4. The molecule has 0 amide bonds. The Kier molecular flexibility index (Phi) is 5.63. The highest BCUT2D eigenvalue weighted by Crippen LogP contribution is 2.33. The smallest absolute Gasteiger partial charge is 0.122 e. The van der Waals surface area contributed by atoms with E-state index in [9.17, 15) is 0 Å². The van der Waals surface area contributed by atoms with Crippen molar-refractivity contribution in [3.8, 4) is 5.75 Å². The van der Waals surface area contributed by atoms with Crippen LogP contribution in [-0.2, 0) is 0 Å². The van der Waals surface area contributed by atoms with Crippen LogP contribution in [0.5, 0.6) is 5.75 Å². The molecule has 0 spiro atoms. The first-order chi connectivity index (χ1) is 8.90. The number of likely N-dealkylation sites (N-methyl/N-ethyl adjacent to an activating group) is 1. The van der Waals surface area contributed by atoms with Crippen molar-refractivity contribution in [2.75, 3.05) is 32.2 Å². The lowest BCUT2D eigenvalue weighted by Gasteiger charge is -2.26. The summed E-state index contributed by atoms with van der Waals surface area (Å²) < 4.78 is 5.44. The molecule has 0 saturated carbocycles. The van der Waals surface area contributed by atoms with Crippen molar-refractivity contribution in [1.82, 2.24) is 0 Å². The number of methoxy groups -OCH3 is 1. The van der Waals surface area contributed by atoms with Gasteiger partial charge in [-0.05, 0) is 36.1 Å². The Bertz CT molecular complexity index is 419. The number of anilines is 1. The van der Waals surface area contributed by atoms with E-state index in [2.05, 4.69) is 37.8 Å². The summed E-state index contributed by atoms with van der Waals surface area (Å²) in [6.45, 7) is 6.98. The topological polar surface area (TPSA) is 58.7 Å². The largest absolute Gasteiger partial charge is 0.496 e. The Morgan fingerprint density at radius 1 is 1.37 bits per heavy atom. The van der Waals surface area contributed by atoms with Gasteiger partial charge in [-0.3, -0.25) is 0 Å². The molecular formula is C15H26N2O2. The summed E-state index contributed by atoms with van der Waals surface area (Å²) >= 11 is 0. The average Bonchev–Trinajstić information content (AvgIpc) is 2.37. The normalized spacial score (nSPS) is 12.6. The van der Waals surface area contributed by atoms with Crippen LogP contribution in [0.1, 0.15) is 30.9 Å². The molecule has 4 nitrogen and oxygen atoms in total. The average molecular weight is 266 g/mol. The van der Waals surface area contributed by atoms with Crippen LogP contribution in [0.4, 0.5) is 5.69 Å². The Morgan fingerprint density at radius 3 is 2.47 bits per heavy atom. The molecule has 108 valence electrons. The zero-order valence-corrected chi connectivity index (χ0v) is 12.6. The number of benzene rings is 1. The molecule has 1 unspecified atom stereocenters. The number of aryl methyl sites for hydroxylation is 1. The van der Waals surface area contributed by atoms with Gasteiger partial charge in [-0.15, -0.1) is 0 Å². The van der Waals surface area contributed by atoms with Crippen molar-refractivity contribution in [3.05, 3.63) is 23.3 Å². The first kappa shape index (κ1) is 15.8. The predicted molar refractivity (Wildman–Crippen MR) is 80.2 cm³/mol. The van der Waals surface area contributed by atoms with Gasteiger partial charge < -0.3 is 20.5 Å². The van der Waals surface area contributed by atoms with Gasteiger partial charge in [-0.2, -0.15) is 0 Å². The van der Waals surface area contributed by atoms with E-state index < -0.39 is 0 Å². The van der Waals surface area contributed by atoms with Crippen molar-refractivity contribution >= 4 is 5.69 Å². The third-order valence-corrected chi connectivity index (χ3v) is 3.32. The van der Waals surface area contributed by atoms with Gasteiger partial charge in [0.2, 0.25) is 0 Å². The molecule has 0 aliphatic carbocycles. The lowest BCUT2D eigenvalue weighted by molar-refractivity contribution is 0.267. The molecule has 0 bridgehead atoms. The molecule has 1 rings (SSSR count). The highest BCUT2D eigenvalue weighted by Gasteiger charge is 2.14. The quantitative estimate of drug-likeness (QED) is 0.825. The summed E-state index contributed by atoms with van der Waals surface area (Å²) in [4.78, 5) is 2.08. The second kappa shape index (κ2) is 6.78. The number of hydrogen-bond donors (Lipinski definition) is 2. The number of nitrogens with two attached hydrogens (primary N) is 1. The molecule has 0 radical (unpaired) electrons. The zero-order chi connectivity index (χ0) is 14.6. The van der Waals surface area contributed by atoms with Gasteiger partial charge in [-0.25, -0.2) is 0 Å². The molecule has 3 N–H and O–H groups in total. The second-order valence-electron chi connectivity index (χ2n) is 5.36. The van der Waals surface area contributed by atoms with Crippen LogP contribution < -0.4 is 15.4 Å². The van der Waals surface area contributed by atoms with Gasteiger partial charge in [0.1, 0.15) is 5.75 Å². The first-order valence-electron chi connectivity index (χ1n) is 6.66. The third kappa shape index (κ3) is 3.85. The summed E-state index contributed by atoms with van der Waals surface area (Å²) in [5.41, 5.74) is 9.27. The van der Waals surface area contributed by atoms with E-state index in [-0.39, 0.29) is 12.6 Å². The van der Waals surface area contributed by atoms with Gasteiger partial charge in [0.15, 0.2) is 0 Å². The summed E-state index contributed by atoms with van der Waals surface area (Å²) in [5.74, 6) is 1.32. The molecule has 1 aromatic carbocycles. The number of ether oxygens (including phenoxy) is 1. The standard InChI is InChI=1S/C15H26N2O2/c1-10(2)13-7-14(11(3)6-15(13)19-5)17(4)8-12(16)9-18/h6-7,10,12,18H,8-9,16H2,1-5H3. The minimum Gasteiger partial charge on any atom is -0.496 e. The van der Waals surface area contributed by atoms with Crippen molar-refractivity contribution in [3.63, 3.8) is 0 Å². The Labute approximate surface area is 116 Å². The highest BCUT2D eigenvalue weighted by molar-refractivity contribution is 5.59. The van der Waals surface area contributed by atoms with Crippen LogP contribution in [0.2, 0.25) is 0 Å². The van der Waals surface area contributed by atoms with E-state index in [1.165, 1.54) is 5.56 Å². The minimum atomic E-state index is -0.228. The van der Waals surface area contributed by atoms with Crippen molar-refractivity contribution in [2.24, 2.45) is 5.73 Å². The Hall–Kier alpha value is -1.26. The summed E-state index contributed by atoms with van der Waals surface area (Å²) in [6, 6.07) is 3.99. The summed E-state index contributed by atoms with van der Waals surface area (Å²) in [7, 11) is 3.69. The fourth-order valence-electron chi connectivity index (χ4n) is 2.23. The van der Waals surface area contributed by atoms with Crippen LogP contribution in [0.25, 0.3) is 0 Å². The molecule has 0 aliphatic heterocycles. The molecule has 19 heavy (non-hydrogen) atoms. The molecule has 0 aliphatic rings. The molecule has 0 saturated heterocycles. The maximum Gasteiger partial charge on any atom is 0.122 e. The third-order valence-electron chi connectivity index (χ3n) is 3.32. The number of rotatable bonds is 6. The Morgan fingerprint density at radius 2 is 2.00 bits per heavy atom. The van der Waals surface area contributed by atoms with E-state index in [1.807, 2.05) is 7.05 Å². The maximum absolute atomic E-state index is 9.05. The lowest BCUT2D eigenvalue weighted by atomic mass is 9.98. The van der Waals surface area contributed by atoms with E-state index in [0.717, 1.165) is 17.0 Å². The fourth-order valence-corrected chi connectivity index (χ4v) is 2.23. The predicted octanol–water partition coefficient (Wildman–Crippen LogP) is 1.88. The molecular weight excluding hydrogens is 240 g/mol. The lowest BCUT2D eigenvalue weighted by Crippen LogP contribution is -2.38. The monoisotopic (exact) mass is 266 g/mol. The molecule has 0 aromatic heterocycles. The van der Waals surface area contributed by atoms with Gasteiger partial charge in [0.05, 0.1) is 13.7 Å². The van der Waals surface area contributed by atoms with E-state index in [1.54, 1.807) is 7.11 Å². The fraction of sp³-hybridized carbons (Fsp3) is 0.600. The van der Waals surface area contributed by atoms with Crippen molar-refractivity contribution in [2.45, 2.75) is 32.7 Å². The summed E-state index contributed by atoms with van der Waals surface area (Å²) in [6.07, 6.45) is 0. The second-order valence-corrected chi connectivity index (χ2v) is 5.36. The number of nitrogens with zero attached hydrogens (tertiary/aromatic N) is 1. The van der Waals surface area contributed by atoms with Crippen LogP contribution in [0, 0.1) is 6.92 Å². The van der Waals surface area contributed by atoms with Gasteiger partial charge in [-0.1, -0.05) is 13.8 Å². The SMILES string of the molecule is COc1cc(C)c(N(C)CC(N)CO)cc1C(C)C. The molecule has 4 heteroatoms.